The molecule has 2 N–H and O–H groups in total. The number of hydrogen-bond acceptors (Lipinski definition) is 3. The van der Waals surface area contributed by atoms with Crippen molar-refractivity contribution in [3.63, 3.8) is 0 Å². The van der Waals surface area contributed by atoms with Gasteiger partial charge in [-0.3, -0.25) is 0 Å². The van der Waals surface area contributed by atoms with Crippen molar-refractivity contribution in [2.45, 2.75) is 77.1 Å². The fraction of sp³-hybridized carbons (Fsp3) is 0.632. The molecule has 23 heavy (non-hydrogen) atoms. The van der Waals surface area contributed by atoms with Crippen LogP contribution in [-0.4, -0.2) is 23.3 Å². The summed E-state index contributed by atoms with van der Waals surface area (Å²) in [5.41, 5.74) is 0.704. The molecule has 128 valence electrons. The Morgan fingerprint density at radius 2 is 1.83 bits per heavy atom. The van der Waals surface area contributed by atoms with Crippen LogP contribution < -0.4 is 10.6 Å². The summed E-state index contributed by atoms with van der Waals surface area (Å²) in [6.07, 6.45) is 3.77. The van der Waals surface area contributed by atoms with Gasteiger partial charge >= 0.3 is 6.09 Å². The quantitative estimate of drug-likeness (QED) is 0.882. The van der Waals surface area contributed by atoms with Crippen molar-refractivity contribution in [1.82, 2.24) is 10.6 Å². The lowest BCUT2D eigenvalue weighted by molar-refractivity contribution is 0.0431. The molecule has 0 radical (unpaired) electrons. The smallest absolute Gasteiger partial charge is 0.408 e. The molecule has 1 fully saturated rings. The van der Waals surface area contributed by atoms with E-state index in [0.29, 0.717) is 6.04 Å². The molecule has 1 aliphatic carbocycles. The minimum Gasteiger partial charge on any atom is -0.444 e. The second-order valence-electron chi connectivity index (χ2n) is 7.83. The zero-order chi connectivity index (χ0) is 16.9. The highest BCUT2D eigenvalue weighted by Gasteiger charge is 2.33. The predicted octanol–water partition coefficient (Wildman–Crippen LogP) is 4.00. The van der Waals surface area contributed by atoms with Crippen LogP contribution in [0.25, 0.3) is 0 Å². The van der Waals surface area contributed by atoms with Crippen molar-refractivity contribution in [1.29, 1.82) is 0 Å². The van der Waals surface area contributed by atoms with Crippen molar-refractivity contribution < 1.29 is 9.53 Å². The maximum absolute atomic E-state index is 12.0. The van der Waals surface area contributed by atoms with Crippen LogP contribution in [0.5, 0.6) is 0 Å². The van der Waals surface area contributed by atoms with E-state index in [1.807, 2.05) is 26.8 Å². The molecule has 0 heterocycles. The first-order chi connectivity index (χ1) is 10.8. The lowest BCUT2D eigenvalue weighted by atomic mass is 9.81. The van der Waals surface area contributed by atoms with Gasteiger partial charge in [-0.15, -0.1) is 0 Å². The average Bonchev–Trinajstić information content (AvgIpc) is 2.45. The topological polar surface area (TPSA) is 50.4 Å². The number of carbonyl (C=O) groups excluding carboxylic acids is 1. The molecule has 0 saturated heterocycles. The van der Waals surface area contributed by atoms with E-state index in [1.165, 1.54) is 5.56 Å². The Hall–Kier alpha value is -1.55. The maximum atomic E-state index is 12.0. The summed E-state index contributed by atoms with van der Waals surface area (Å²) < 4.78 is 5.37. The third-order valence-electron chi connectivity index (χ3n) is 4.33. The first-order valence-electron chi connectivity index (χ1n) is 8.54. The zero-order valence-corrected chi connectivity index (χ0v) is 14.8. The van der Waals surface area contributed by atoms with Crippen LogP contribution >= 0.6 is 0 Å². The second-order valence-corrected chi connectivity index (χ2v) is 7.83. The largest absolute Gasteiger partial charge is 0.444 e. The van der Waals surface area contributed by atoms with Crippen molar-refractivity contribution in [2.75, 3.05) is 0 Å². The normalized spacial score (nSPS) is 25.0. The molecule has 0 unspecified atom stereocenters. The van der Waals surface area contributed by atoms with Crippen molar-refractivity contribution in [3.05, 3.63) is 35.9 Å². The standard InChI is InChI=1S/C19H30N2O2/c1-18(2,3)23-17(22)21-19(4)12-10-16(11-13-19)20-14-15-8-6-5-7-9-15/h5-9,16,20H,10-14H2,1-4H3,(H,21,22)/t16-,19+. The molecule has 4 nitrogen and oxygen atoms in total. The summed E-state index contributed by atoms with van der Waals surface area (Å²) in [7, 11) is 0. The lowest BCUT2D eigenvalue weighted by Gasteiger charge is -2.38. The van der Waals surface area contributed by atoms with Gasteiger partial charge in [-0.05, 0) is 58.9 Å². The molecule has 1 saturated carbocycles. The molecular weight excluding hydrogens is 288 g/mol. The van der Waals surface area contributed by atoms with Crippen LogP contribution in [0, 0.1) is 0 Å². The van der Waals surface area contributed by atoms with Gasteiger partial charge < -0.3 is 15.4 Å². The number of benzene rings is 1. The van der Waals surface area contributed by atoms with Crippen molar-refractivity contribution >= 4 is 6.09 Å². The summed E-state index contributed by atoms with van der Waals surface area (Å²) in [6, 6.07) is 11.0. The first kappa shape index (κ1) is 17.8. The number of rotatable bonds is 4. The summed E-state index contributed by atoms with van der Waals surface area (Å²) in [5, 5.41) is 6.68. The Morgan fingerprint density at radius 3 is 2.39 bits per heavy atom. The molecular formula is C19H30N2O2. The van der Waals surface area contributed by atoms with E-state index in [-0.39, 0.29) is 11.6 Å². The molecule has 1 amide bonds. The summed E-state index contributed by atoms with van der Waals surface area (Å²) in [4.78, 5) is 12.0. The van der Waals surface area contributed by atoms with E-state index in [9.17, 15) is 4.79 Å². The third-order valence-corrected chi connectivity index (χ3v) is 4.33. The van der Waals surface area contributed by atoms with E-state index >= 15 is 0 Å². The van der Waals surface area contributed by atoms with Crippen LogP contribution in [0.2, 0.25) is 0 Å². The van der Waals surface area contributed by atoms with Gasteiger partial charge in [0.2, 0.25) is 0 Å². The molecule has 0 aromatic heterocycles. The Morgan fingerprint density at radius 1 is 1.22 bits per heavy atom. The van der Waals surface area contributed by atoms with Gasteiger partial charge in [0.1, 0.15) is 5.60 Å². The highest BCUT2D eigenvalue weighted by Crippen LogP contribution is 2.28. The minimum absolute atomic E-state index is 0.159. The first-order valence-corrected chi connectivity index (χ1v) is 8.54. The maximum Gasteiger partial charge on any atom is 0.408 e. The number of alkyl carbamates (subject to hydrolysis) is 1. The van der Waals surface area contributed by atoms with Crippen LogP contribution in [-0.2, 0) is 11.3 Å². The SMILES string of the molecule is CC(C)(C)OC(=O)N[C@]1(C)CC[C@H](NCc2ccccc2)CC1. The van der Waals surface area contributed by atoms with E-state index in [0.717, 1.165) is 32.2 Å². The van der Waals surface area contributed by atoms with Gasteiger partial charge in [0, 0.05) is 18.1 Å². The highest BCUT2D eigenvalue weighted by molar-refractivity contribution is 5.68. The number of ether oxygens (including phenoxy) is 1. The number of hydrogen-bond donors (Lipinski definition) is 2. The minimum atomic E-state index is -0.450. The number of nitrogens with one attached hydrogen (secondary N) is 2. The fourth-order valence-electron chi connectivity index (χ4n) is 2.99. The summed E-state index contributed by atoms with van der Waals surface area (Å²) in [6.45, 7) is 8.68. The molecule has 4 heteroatoms. The third kappa shape index (κ3) is 6.22. The monoisotopic (exact) mass is 318 g/mol. The van der Waals surface area contributed by atoms with E-state index in [2.05, 4.69) is 41.8 Å². The number of amides is 1. The lowest BCUT2D eigenvalue weighted by Crippen LogP contribution is -2.51. The molecule has 0 aliphatic heterocycles. The van der Waals surface area contributed by atoms with Gasteiger partial charge in [0.15, 0.2) is 0 Å². The Kier molecular flexibility index (Phi) is 5.69. The van der Waals surface area contributed by atoms with E-state index in [1.54, 1.807) is 0 Å². The van der Waals surface area contributed by atoms with E-state index < -0.39 is 5.60 Å². The molecule has 1 aromatic rings. The zero-order valence-electron chi connectivity index (χ0n) is 14.8. The molecule has 2 rings (SSSR count). The summed E-state index contributed by atoms with van der Waals surface area (Å²) in [5.74, 6) is 0. The molecule has 0 atom stereocenters. The molecule has 1 aliphatic rings. The Balaban J connectivity index is 1.75. The fourth-order valence-corrected chi connectivity index (χ4v) is 2.99. The van der Waals surface area contributed by atoms with Gasteiger partial charge in [-0.1, -0.05) is 30.3 Å². The average molecular weight is 318 g/mol. The van der Waals surface area contributed by atoms with E-state index in [4.69, 9.17) is 4.74 Å². The number of carbonyl (C=O) groups is 1. The summed E-state index contributed by atoms with van der Waals surface area (Å²) >= 11 is 0. The molecule has 0 spiro atoms. The van der Waals surface area contributed by atoms with Crippen LogP contribution in [0.3, 0.4) is 0 Å². The van der Waals surface area contributed by atoms with Gasteiger partial charge in [0.05, 0.1) is 0 Å². The van der Waals surface area contributed by atoms with Crippen LogP contribution in [0.15, 0.2) is 30.3 Å². The van der Waals surface area contributed by atoms with Crippen LogP contribution in [0.1, 0.15) is 58.9 Å². The second kappa shape index (κ2) is 7.35. The van der Waals surface area contributed by atoms with Crippen LogP contribution in [0.4, 0.5) is 4.79 Å². The van der Waals surface area contributed by atoms with Gasteiger partial charge in [0.25, 0.3) is 0 Å². The molecule has 1 aromatic carbocycles. The molecule has 0 bridgehead atoms. The Labute approximate surface area is 140 Å². The van der Waals surface area contributed by atoms with Gasteiger partial charge in [-0.25, -0.2) is 4.79 Å². The Bertz CT molecular complexity index is 500. The van der Waals surface area contributed by atoms with Crippen molar-refractivity contribution in [2.24, 2.45) is 0 Å². The predicted molar refractivity (Wildman–Crippen MR) is 93.3 cm³/mol. The highest BCUT2D eigenvalue weighted by atomic mass is 16.6. The van der Waals surface area contributed by atoms with Gasteiger partial charge in [-0.2, -0.15) is 0 Å². The van der Waals surface area contributed by atoms with Crippen molar-refractivity contribution in [3.8, 4) is 0 Å².